The first-order chi connectivity index (χ1) is 10.2. The summed E-state index contributed by atoms with van der Waals surface area (Å²) in [5.41, 5.74) is 2.92. The summed E-state index contributed by atoms with van der Waals surface area (Å²) in [5.74, 6) is 1.29. The minimum atomic E-state index is 0.232. The Kier molecular flexibility index (Phi) is 3.92. The van der Waals surface area contributed by atoms with Crippen LogP contribution in [0.25, 0.3) is 11.1 Å². The second-order valence-corrected chi connectivity index (χ2v) is 5.64. The average Bonchev–Trinajstić information content (AvgIpc) is 2.98. The van der Waals surface area contributed by atoms with Gasteiger partial charge in [0.15, 0.2) is 11.5 Å². The van der Waals surface area contributed by atoms with E-state index in [1.165, 1.54) is 5.56 Å². The molecule has 3 rings (SSSR count). The number of likely N-dealkylation sites (tertiary alicyclic amines) is 1. The Labute approximate surface area is 123 Å². The van der Waals surface area contributed by atoms with Gasteiger partial charge in [-0.25, -0.2) is 4.98 Å². The van der Waals surface area contributed by atoms with E-state index < -0.39 is 0 Å². The molecule has 1 aliphatic rings. The van der Waals surface area contributed by atoms with Crippen molar-refractivity contribution in [3.63, 3.8) is 0 Å². The van der Waals surface area contributed by atoms with Crippen LogP contribution in [0.1, 0.15) is 17.9 Å². The summed E-state index contributed by atoms with van der Waals surface area (Å²) in [5, 5.41) is 0. The molecule has 0 aliphatic carbocycles. The molecular formula is C16H20N2O3. The molecule has 2 aromatic rings. The monoisotopic (exact) mass is 288 g/mol. The van der Waals surface area contributed by atoms with Crippen LogP contribution < -0.4 is 0 Å². The number of hydrogen-bond acceptors (Lipinski definition) is 4. The van der Waals surface area contributed by atoms with Crippen LogP contribution in [-0.2, 0) is 16.0 Å². The number of oxazole rings is 1. The predicted octanol–water partition coefficient (Wildman–Crippen LogP) is 2.17. The van der Waals surface area contributed by atoms with Gasteiger partial charge >= 0.3 is 0 Å². The van der Waals surface area contributed by atoms with E-state index in [1.54, 1.807) is 7.11 Å². The number of aryl methyl sites for hydroxylation is 1. The number of nitrogens with zero attached hydrogens (tertiary/aromatic N) is 2. The van der Waals surface area contributed by atoms with Gasteiger partial charge in [0.1, 0.15) is 5.52 Å². The Balaban J connectivity index is 1.66. The molecule has 0 bridgehead atoms. The molecule has 1 aromatic heterocycles. The van der Waals surface area contributed by atoms with E-state index in [1.807, 2.05) is 17.9 Å². The third-order valence-corrected chi connectivity index (χ3v) is 3.94. The summed E-state index contributed by atoms with van der Waals surface area (Å²) in [6, 6.07) is 6.09. The fourth-order valence-electron chi connectivity index (χ4n) is 2.96. The molecule has 1 unspecified atom stereocenters. The van der Waals surface area contributed by atoms with Crippen LogP contribution in [0, 0.1) is 12.8 Å². The number of amides is 1. The lowest BCUT2D eigenvalue weighted by Gasteiger charge is -2.15. The molecule has 5 heteroatoms. The third-order valence-electron chi connectivity index (χ3n) is 3.94. The molecule has 0 radical (unpaired) electrons. The van der Waals surface area contributed by atoms with Gasteiger partial charge in [0.2, 0.25) is 5.91 Å². The van der Waals surface area contributed by atoms with Gasteiger partial charge in [0, 0.05) is 33.5 Å². The Morgan fingerprint density at radius 3 is 3.14 bits per heavy atom. The highest BCUT2D eigenvalue weighted by molar-refractivity contribution is 5.78. The van der Waals surface area contributed by atoms with Gasteiger partial charge in [-0.2, -0.15) is 0 Å². The maximum Gasteiger partial charge on any atom is 0.223 e. The number of carbonyl (C=O) groups excluding carboxylic acids is 1. The van der Waals surface area contributed by atoms with E-state index in [9.17, 15) is 4.79 Å². The summed E-state index contributed by atoms with van der Waals surface area (Å²) in [4.78, 5) is 18.2. The number of hydrogen-bond donors (Lipinski definition) is 0. The van der Waals surface area contributed by atoms with Gasteiger partial charge < -0.3 is 14.1 Å². The summed E-state index contributed by atoms with van der Waals surface area (Å²) in [6.07, 6.45) is 1.52. The molecule has 1 aromatic carbocycles. The highest BCUT2D eigenvalue weighted by Crippen LogP contribution is 2.24. The molecule has 1 aliphatic heterocycles. The molecule has 1 saturated heterocycles. The Morgan fingerprint density at radius 2 is 2.33 bits per heavy atom. The van der Waals surface area contributed by atoms with Crippen LogP contribution in [0.4, 0.5) is 0 Å². The maximum atomic E-state index is 11.9. The number of ether oxygens (including phenoxy) is 1. The second-order valence-electron chi connectivity index (χ2n) is 5.64. The molecule has 0 spiro atoms. The van der Waals surface area contributed by atoms with E-state index >= 15 is 0 Å². The first-order valence-electron chi connectivity index (χ1n) is 7.28. The molecule has 1 fully saturated rings. The Bertz CT molecular complexity index is 650. The summed E-state index contributed by atoms with van der Waals surface area (Å²) >= 11 is 0. The number of aromatic nitrogens is 1. The normalized spacial score (nSPS) is 18.9. The lowest BCUT2D eigenvalue weighted by molar-refractivity contribution is -0.128. The minimum absolute atomic E-state index is 0.232. The van der Waals surface area contributed by atoms with Crippen molar-refractivity contribution in [2.75, 3.05) is 26.8 Å². The number of benzene rings is 1. The van der Waals surface area contributed by atoms with Gasteiger partial charge in [-0.05, 0) is 30.0 Å². The molecule has 5 nitrogen and oxygen atoms in total. The van der Waals surface area contributed by atoms with Gasteiger partial charge in [-0.1, -0.05) is 6.07 Å². The third kappa shape index (κ3) is 3.08. The van der Waals surface area contributed by atoms with Gasteiger partial charge in [0.25, 0.3) is 0 Å². The van der Waals surface area contributed by atoms with Crippen molar-refractivity contribution in [1.82, 2.24) is 9.88 Å². The molecule has 112 valence electrons. The van der Waals surface area contributed by atoms with Crippen molar-refractivity contribution in [3.05, 3.63) is 29.7 Å². The van der Waals surface area contributed by atoms with Gasteiger partial charge in [-0.15, -0.1) is 0 Å². The lowest BCUT2D eigenvalue weighted by Crippen LogP contribution is -2.28. The van der Waals surface area contributed by atoms with Crippen LogP contribution in [0.2, 0.25) is 0 Å². The fraction of sp³-hybridized carbons (Fsp3) is 0.500. The van der Waals surface area contributed by atoms with Gasteiger partial charge in [0.05, 0.1) is 6.61 Å². The fourth-order valence-corrected chi connectivity index (χ4v) is 2.96. The minimum Gasteiger partial charge on any atom is -0.441 e. The van der Waals surface area contributed by atoms with Crippen LogP contribution >= 0.6 is 0 Å². The van der Waals surface area contributed by atoms with Crippen molar-refractivity contribution in [2.24, 2.45) is 5.92 Å². The van der Waals surface area contributed by atoms with Crippen LogP contribution in [-0.4, -0.2) is 42.6 Å². The zero-order valence-corrected chi connectivity index (χ0v) is 12.5. The van der Waals surface area contributed by atoms with E-state index in [-0.39, 0.29) is 5.91 Å². The molecule has 2 heterocycles. The number of rotatable bonds is 5. The Morgan fingerprint density at radius 1 is 1.48 bits per heavy atom. The van der Waals surface area contributed by atoms with Crippen molar-refractivity contribution >= 4 is 17.0 Å². The van der Waals surface area contributed by atoms with Gasteiger partial charge in [-0.3, -0.25) is 4.79 Å². The highest BCUT2D eigenvalue weighted by Gasteiger charge is 2.29. The lowest BCUT2D eigenvalue weighted by atomic mass is 9.98. The molecule has 0 saturated carbocycles. The second kappa shape index (κ2) is 5.85. The molecular weight excluding hydrogens is 268 g/mol. The smallest absolute Gasteiger partial charge is 0.223 e. The van der Waals surface area contributed by atoms with E-state index in [2.05, 4.69) is 17.1 Å². The van der Waals surface area contributed by atoms with Crippen molar-refractivity contribution < 1.29 is 13.9 Å². The van der Waals surface area contributed by atoms with Crippen LogP contribution in [0.15, 0.2) is 22.6 Å². The van der Waals surface area contributed by atoms with Crippen LogP contribution in [0.3, 0.4) is 0 Å². The van der Waals surface area contributed by atoms with Crippen LogP contribution in [0.5, 0.6) is 0 Å². The molecule has 0 N–H and O–H groups in total. The van der Waals surface area contributed by atoms with E-state index in [0.29, 0.717) is 31.4 Å². The molecule has 1 atom stereocenters. The standard InChI is InChI=1S/C16H20N2O3/c1-11-17-14-8-12(3-4-15(14)21-11)7-13-9-16(19)18(10-13)5-6-20-2/h3-4,8,13H,5-7,9-10H2,1-2H3. The quantitative estimate of drug-likeness (QED) is 0.846. The maximum absolute atomic E-state index is 11.9. The number of methoxy groups -OCH3 is 1. The SMILES string of the molecule is COCCN1CC(Cc2ccc3oc(C)nc3c2)CC1=O. The molecule has 21 heavy (non-hydrogen) atoms. The summed E-state index contributed by atoms with van der Waals surface area (Å²) in [6.45, 7) is 3.96. The average molecular weight is 288 g/mol. The zero-order chi connectivity index (χ0) is 14.8. The molecule has 1 amide bonds. The summed E-state index contributed by atoms with van der Waals surface area (Å²) < 4.78 is 10.5. The first-order valence-corrected chi connectivity index (χ1v) is 7.28. The first kappa shape index (κ1) is 14.1. The Hall–Kier alpha value is -1.88. The highest BCUT2D eigenvalue weighted by atomic mass is 16.5. The number of fused-ring (bicyclic) bond motifs is 1. The summed E-state index contributed by atoms with van der Waals surface area (Å²) in [7, 11) is 1.66. The predicted molar refractivity (Wildman–Crippen MR) is 79.0 cm³/mol. The largest absolute Gasteiger partial charge is 0.441 e. The van der Waals surface area contributed by atoms with Crippen molar-refractivity contribution in [2.45, 2.75) is 19.8 Å². The van der Waals surface area contributed by atoms with E-state index in [0.717, 1.165) is 24.1 Å². The van der Waals surface area contributed by atoms with Crippen molar-refractivity contribution in [1.29, 1.82) is 0 Å². The van der Waals surface area contributed by atoms with Crippen molar-refractivity contribution in [3.8, 4) is 0 Å². The topological polar surface area (TPSA) is 55.6 Å². The number of carbonyl (C=O) groups is 1. The van der Waals surface area contributed by atoms with E-state index in [4.69, 9.17) is 9.15 Å². The zero-order valence-electron chi connectivity index (χ0n) is 12.5.